The fourth-order valence-electron chi connectivity index (χ4n) is 2.19. The number of amides is 1. The van der Waals surface area contributed by atoms with Crippen LogP contribution < -0.4 is 5.73 Å². The Morgan fingerprint density at radius 1 is 1.28 bits per heavy atom. The van der Waals surface area contributed by atoms with Crippen molar-refractivity contribution < 1.29 is 4.79 Å². The second-order valence-corrected chi connectivity index (χ2v) is 5.82. The van der Waals surface area contributed by atoms with Crippen molar-refractivity contribution >= 4 is 17.7 Å². The molecule has 108 valence electrons. The first-order chi connectivity index (χ1) is 8.60. The quantitative estimate of drug-likeness (QED) is 0.666. The first kappa shape index (κ1) is 17.8. The van der Waals surface area contributed by atoms with Crippen LogP contribution in [0.3, 0.4) is 0 Å². The van der Waals surface area contributed by atoms with Gasteiger partial charge in [-0.05, 0) is 38.0 Å². The summed E-state index contributed by atoms with van der Waals surface area (Å²) in [7, 11) is 1.94. The second kappa shape index (κ2) is 10.7. The summed E-state index contributed by atoms with van der Waals surface area (Å²) in [5.41, 5.74) is 5.58. The van der Waals surface area contributed by atoms with Gasteiger partial charge in [-0.15, -0.1) is 0 Å². The number of carbonyl (C=O) groups excluding carboxylic acids is 1. The van der Waals surface area contributed by atoms with E-state index in [0.29, 0.717) is 18.4 Å². The minimum absolute atomic E-state index is 0.284. The van der Waals surface area contributed by atoms with E-state index in [0.717, 1.165) is 38.0 Å². The summed E-state index contributed by atoms with van der Waals surface area (Å²) in [6.07, 6.45) is 6.93. The van der Waals surface area contributed by atoms with E-state index in [4.69, 9.17) is 5.73 Å². The van der Waals surface area contributed by atoms with Crippen LogP contribution in [0.15, 0.2) is 0 Å². The van der Waals surface area contributed by atoms with Gasteiger partial charge in [-0.25, -0.2) is 0 Å². The summed E-state index contributed by atoms with van der Waals surface area (Å²) < 4.78 is 0. The monoisotopic (exact) mass is 274 g/mol. The van der Waals surface area contributed by atoms with E-state index in [-0.39, 0.29) is 5.91 Å². The topological polar surface area (TPSA) is 46.3 Å². The van der Waals surface area contributed by atoms with Crippen LogP contribution >= 0.6 is 11.8 Å². The van der Waals surface area contributed by atoms with Crippen molar-refractivity contribution in [2.45, 2.75) is 52.0 Å². The molecule has 1 amide bonds. The first-order valence-electron chi connectivity index (χ1n) is 7.05. The summed E-state index contributed by atoms with van der Waals surface area (Å²) in [6, 6.07) is 0.377. The van der Waals surface area contributed by atoms with Gasteiger partial charge in [0.05, 0.1) is 0 Å². The van der Waals surface area contributed by atoms with Crippen LogP contribution in [0.4, 0.5) is 0 Å². The third-order valence-electron chi connectivity index (χ3n) is 3.69. The second-order valence-electron chi connectivity index (χ2n) is 4.91. The Balaban J connectivity index is 4.13. The SMILES string of the molecule is CCC(CCN)CCC(=O)N(C)C(CC)CSC. The van der Waals surface area contributed by atoms with Crippen LogP contribution in [0.25, 0.3) is 0 Å². The molecule has 0 spiro atoms. The Kier molecular flexibility index (Phi) is 10.5. The van der Waals surface area contributed by atoms with Gasteiger partial charge in [-0.1, -0.05) is 20.3 Å². The highest BCUT2D eigenvalue weighted by Crippen LogP contribution is 2.17. The van der Waals surface area contributed by atoms with Gasteiger partial charge >= 0.3 is 0 Å². The molecule has 0 saturated heterocycles. The maximum Gasteiger partial charge on any atom is 0.222 e. The molecule has 0 rings (SSSR count). The molecule has 0 aromatic carbocycles. The van der Waals surface area contributed by atoms with Crippen LogP contribution in [-0.2, 0) is 4.79 Å². The van der Waals surface area contributed by atoms with Gasteiger partial charge in [0.25, 0.3) is 0 Å². The lowest BCUT2D eigenvalue weighted by atomic mass is 9.96. The predicted molar refractivity (Wildman–Crippen MR) is 81.9 cm³/mol. The zero-order valence-electron chi connectivity index (χ0n) is 12.4. The molecule has 3 nitrogen and oxygen atoms in total. The van der Waals surface area contributed by atoms with Crippen molar-refractivity contribution in [3.05, 3.63) is 0 Å². The van der Waals surface area contributed by atoms with Gasteiger partial charge in [0, 0.05) is 25.3 Å². The third-order valence-corrected chi connectivity index (χ3v) is 4.41. The molecule has 0 aromatic heterocycles. The van der Waals surface area contributed by atoms with E-state index >= 15 is 0 Å². The average molecular weight is 274 g/mol. The molecule has 0 aliphatic rings. The van der Waals surface area contributed by atoms with Crippen LogP contribution in [0.2, 0.25) is 0 Å². The number of nitrogens with zero attached hydrogens (tertiary/aromatic N) is 1. The molecular formula is C14H30N2OS. The van der Waals surface area contributed by atoms with E-state index in [2.05, 4.69) is 20.1 Å². The lowest BCUT2D eigenvalue weighted by Gasteiger charge is -2.27. The number of carbonyl (C=O) groups is 1. The number of rotatable bonds is 10. The lowest BCUT2D eigenvalue weighted by Crippen LogP contribution is -2.38. The molecule has 0 aliphatic carbocycles. The van der Waals surface area contributed by atoms with Crippen LogP contribution in [0.5, 0.6) is 0 Å². The van der Waals surface area contributed by atoms with E-state index in [1.54, 1.807) is 11.8 Å². The summed E-state index contributed by atoms with van der Waals surface area (Å²) in [4.78, 5) is 14.1. The Hall–Kier alpha value is -0.220. The number of hydrogen-bond donors (Lipinski definition) is 1. The van der Waals surface area contributed by atoms with Crippen molar-refractivity contribution in [1.29, 1.82) is 0 Å². The molecule has 0 heterocycles. The molecule has 18 heavy (non-hydrogen) atoms. The molecule has 2 unspecified atom stereocenters. The summed E-state index contributed by atoms with van der Waals surface area (Å²) in [5, 5.41) is 0. The molecule has 2 atom stereocenters. The summed E-state index contributed by atoms with van der Waals surface area (Å²) >= 11 is 1.81. The Bertz CT molecular complexity index is 224. The van der Waals surface area contributed by atoms with Gasteiger partial charge in [0.1, 0.15) is 0 Å². The van der Waals surface area contributed by atoms with E-state index in [1.165, 1.54) is 0 Å². The smallest absolute Gasteiger partial charge is 0.222 e. The zero-order valence-corrected chi connectivity index (χ0v) is 13.3. The Labute approximate surface area is 117 Å². The van der Waals surface area contributed by atoms with Crippen molar-refractivity contribution in [1.82, 2.24) is 4.90 Å². The van der Waals surface area contributed by atoms with Gasteiger partial charge in [0.2, 0.25) is 5.91 Å². The number of thioether (sulfide) groups is 1. The predicted octanol–water partition coefficient (Wildman–Crippen LogP) is 2.74. The van der Waals surface area contributed by atoms with E-state index in [1.807, 2.05) is 11.9 Å². The highest BCUT2D eigenvalue weighted by molar-refractivity contribution is 7.98. The highest BCUT2D eigenvalue weighted by Gasteiger charge is 2.18. The molecule has 0 saturated carbocycles. The molecule has 2 N–H and O–H groups in total. The summed E-state index contributed by atoms with van der Waals surface area (Å²) in [5.74, 6) is 1.91. The van der Waals surface area contributed by atoms with Gasteiger partial charge in [-0.3, -0.25) is 4.79 Å². The van der Waals surface area contributed by atoms with Crippen molar-refractivity contribution in [3.63, 3.8) is 0 Å². The maximum absolute atomic E-state index is 12.1. The minimum atomic E-state index is 0.284. The molecule has 0 bridgehead atoms. The minimum Gasteiger partial charge on any atom is -0.342 e. The molecule has 0 fully saturated rings. The standard InChI is InChI=1S/C14H30N2OS/c1-5-12(9-10-15)7-8-14(17)16(3)13(6-2)11-18-4/h12-13H,5-11,15H2,1-4H3. The highest BCUT2D eigenvalue weighted by atomic mass is 32.2. The molecule has 0 aromatic rings. The van der Waals surface area contributed by atoms with Crippen molar-refractivity contribution in [2.75, 3.05) is 25.6 Å². The normalized spacial score (nSPS) is 14.3. The summed E-state index contributed by atoms with van der Waals surface area (Å²) in [6.45, 7) is 5.05. The van der Waals surface area contributed by atoms with Crippen LogP contribution in [0, 0.1) is 5.92 Å². The fourth-order valence-corrected chi connectivity index (χ4v) is 3.04. The van der Waals surface area contributed by atoms with Crippen LogP contribution in [0.1, 0.15) is 46.0 Å². The number of hydrogen-bond acceptors (Lipinski definition) is 3. The van der Waals surface area contributed by atoms with E-state index < -0.39 is 0 Å². The lowest BCUT2D eigenvalue weighted by molar-refractivity contribution is -0.131. The molecule has 4 heteroatoms. The number of nitrogens with two attached hydrogens (primary N) is 1. The first-order valence-corrected chi connectivity index (χ1v) is 8.44. The third kappa shape index (κ3) is 6.64. The average Bonchev–Trinajstić information content (AvgIpc) is 2.39. The maximum atomic E-state index is 12.1. The van der Waals surface area contributed by atoms with E-state index in [9.17, 15) is 4.79 Å². The van der Waals surface area contributed by atoms with Crippen molar-refractivity contribution in [2.24, 2.45) is 11.7 Å². The zero-order chi connectivity index (χ0) is 14.0. The van der Waals surface area contributed by atoms with Gasteiger partial charge < -0.3 is 10.6 Å². The molecular weight excluding hydrogens is 244 g/mol. The van der Waals surface area contributed by atoms with Gasteiger partial charge in [-0.2, -0.15) is 11.8 Å². The molecule has 0 aliphatic heterocycles. The Morgan fingerprint density at radius 2 is 1.94 bits per heavy atom. The largest absolute Gasteiger partial charge is 0.342 e. The fraction of sp³-hybridized carbons (Fsp3) is 0.929. The molecule has 0 radical (unpaired) electrons. The Morgan fingerprint density at radius 3 is 2.39 bits per heavy atom. The van der Waals surface area contributed by atoms with Gasteiger partial charge in [0.15, 0.2) is 0 Å². The van der Waals surface area contributed by atoms with Crippen LogP contribution in [-0.4, -0.2) is 42.4 Å². The van der Waals surface area contributed by atoms with Crippen molar-refractivity contribution in [3.8, 4) is 0 Å².